The average molecular weight is 295 g/mol. The molecule has 0 saturated heterocycles. The van der Waals surface area contributed by atoms with Gasteiger partial charge in [-0.2, -0.15) is 0 Å². The van der Waals surface area contributed by atoms with Crippen LogP contribution in [0.4, 0.5) is 0 Å². The lowest BCUT2D eigenvalue weighted by molar-refractivity contribution is -0.585. The summed E-state index contributed by atoms with van der Waals surface area (Å²) in [6.07, 6.45) is 18.6. The van der Waals surface area contributed by atoms with Gasteiger partial charge in [0.2, 0.25) is 5.54 Å². The molecule has 0 N–H and O–H groups in total. The summed E-state index contributed by atoms with van der Waals surface area (Å²) in [5, 5.41) is 12.0. The van der Waals surface area contributed by atoms with Crippen LogP contribution < -0.4 is 0 Å². The standard InChI is InChI=1S/C18H33NO2/c20-19(21)18(15-11-7-3-4-8-12-16-18)17-13-9-5-1-2-6-10-14-17/h17H,1-16H2. The second-order valence-electron chi connectivity index (χ2n) is 7.38. The summed E-state index contributed by atoms with van der Waals surface area (Å²) in [6.45, 7) is 0. The normalized spacial score (nSPS) is 26.5. The molecule has 0 amide bonds. The van der Waals surface area contributed by atoms with Crippen molar-refractivity contribution in [3.63, 3.8) is 0 Å². The number of nitrogens with zero attached hydrogens (tertiary/aromatic N) is 1. The molecule has 2 aliphatic carbocycles. The van der Waals surface area contributed by atoms with Gasteiger partial charge in [-0.25, -0.2) is 0 Å². The van der Waals surface area contributed by atoms with Crippen LogP contribution in [-0.4, -0.2) is 10.5 Å². The summed E-state index contributed by atoms with van der Waals surface area (Å²) in [5.74, 6) is 0.337. The lowest BCUT2D eigenvalue weighted by atomic mass is 9.72. The zero-order valence-corrected chi connectivity index (χ0v) is 13.7. The van der Waals surface area contributed by atoms with E-state index in [1.807, 2.05) is 0 Å². The predicted molar refractivity (Wildman–Crippen MR) is 87.1 cm³/mol. The van der Waals surface area contributed by atoms with E-state index in [0.29, 0.717) is 5.92 Å². The fourth-order valence-corrected chi connectivity index (χ4v) is 4.60. The number of hydrogen-bond acceptors (Lipinski definition) is 2. The minimum Gasteiger partial charge on any atom is -0.264 e. The van der Waals surface area contributed by atoms with Crippen molar-refractivity contribution in [2.24, 2.45) is 5.92 Å². The summed E-state index contributed by atoms with van der Waals surface area (Å²) in [6, 6.07) is 0. The number of hydrogen-bond donors (Lipinski definition) is 0. The summed E-state index contributed by atoms with van der Waals surface area (Å²) in [4.78, 5) is 12.2. The quantitative estimate of drug-likeness (QED) is 0.471. The van der Waals surface area contributed by atoms with Gasteiger partial charge in [0.25, 0.3) is 0 Å². The third-order valence-electron chi connectivity index (χ3n) is 5.95. The molecular weight excluding hydrogens is 262 g/mol. The van der Waals surface area contributed by atoms with E-state index in [1.54, 1.807) is 0 Å². The molecule has 3 nitrogen and oxygen atoms in total. The van der Waals surface area contributed by atoms with Crippen molar-refractivity contribution >= 4 is 0 Å². The Bertz CT molecular complexity index is 296. The third kappa shape index (κ3) is 4.69. The van der Waals surface area contributed by atoms with E-state index in [2.05, 4.69) is 0 Å². The maximum absolute atomic E-state index is 12.0. The smallest absolute Gasteiger partial charge is 0.225 e. The Morgan fingerprint density at radius 3 is 1.48 bits per heavy atom. The van der Waals surface area contributed by atoms with Crippen LogP contribution in [0.3, 0.4) is 0 Å². The molecule has 0 aromatic heterocycles. The van der Waals surface area contributed by atoms with Gasteiger partial charge in [-0.05, 0) is 25.7 Å². The number of nitro groups is 1. The molecule has 2 aliphatic rings. The molecule has 0 aromatic carbocycles. The summed E-state index contributed by atoms with van der Waals surface area (Å²) in [5.41, 5.74) is -0.589. The molecule has 21 heavy (non-hydrogen) atoms. The van der Waals surface area contributed by atoms with E-state index in [4.69, 9.17) is 0 Å². The van der Waals surface area contributed by atoms with E-state index < -0.39 is 5.54 Å². The van der Waals surface area contributed by atoms with Crippen molar-refractivity contribution < 1.29 is 4.92 Å². The molecule has 3 heteroatoms. The summed E-state index contributed by atoms with van der Waals surface area (Å²) >= 11 is 0. The third-order valence-corrected chi connectivity index (χ3v) is 5.95. The van der Waals surface area contributed by atoms with Crippen LogP contribution >= 0.6 is 0 Å². The molecule has 0 heterocycles. The van der Waals surface area contributed by atoms with E-state index in [1.165, 1.54) is 64.2 Å². The molecule has 122 valence electrons. The Kier molecular flexibility index (Phi) is 6.98. The Morgan fingerprint density at radius 1 is 0.667 bits per heavy atom. The maximum Gasteiger partial charge on any atom is 0.225 e. The number of rotatable bonds is 2. The zero-order chi connectivity index (χ0) is 15.0. The van der Waals surface area contributed by atoms with Crippen molar-refractivity contribution in [3.05, 3.63) is 10.1 Å². The van der Waals surface area contributed by atoms with Crippen LogP contribution in [0.2, 0.25) is 0 Å². The minimum absolute atomic E-state index is 0.154. The second-order valence-corrected chi connectivity index (χ2v) is 7.38. The highest BCUT2D eigenvalue weighted by Crippen LogP contribution is 2.40. The van der Waals surface area contributed by atoms with Gasteiger partial charge in [-0.15, -0.1) is 0 Å². The summed E-state index contributed by atoms with van der Waals surface area (Å²) < 4.78 is 0. The van der Waals surface area contributed by atoms with Gasteiger partial charge >= 0.3 is 0 Å². The fraction of sp³-hybridized carbons (Fsp3) is 1.00. The maximum atomic E-state index is 12.0. The van der Waals surface area contributed by atoms with Gasteiger partial charge in [0.05, 0.1) is 0 Å². The van der Waals surface area contributed by atoms with Gasteiger partial charge in [0, 0.05) is 23.7 Å². The van der Waals surface area contributed by atoms with Gasteiger partial charge < -0.3 is 0 Å². The Balaban J connectivity index is 2.13. The van der Waals surface area contributed by atoms with E-state index >= 15 is 0 Å². The van der Waals surface area contributed by atoms with Crippen LogP contribution in [0.15, 0.2) is 0 Å². The summed E-state index contributed by atoms with van der Waals surface area (Å²) in [7, 11) is 0. The molecule has 0 unspecified atom stereocenters. The molecule has 0 aromatic rings. The first-order valence-electron chi connectivity index (χ1n) is 9.40. The SMILES string of the molecule is O=[N+]([O-])C1(C2CCCCCCCC2)CCCCCCCC1. The van der Waals surface area contributed by atoms with Gasteiger partial charge in [0.15, 0.2) is 0 Å². The lowest BCUT2D eigenvalue weighted by Crippen LogP contribution is -2.46. The molecule has 0 bridgehead atoms. The van der Waals surface area contributed by atoms with Crippen molar-refractivity contribution in [1.29, 1.82) is 0 Å². The molecular formula is C18H33NO2. The van der Waals surface area contributed by atoms with Gasteiger partial charge in [0.1, 0.15) is 0 Å². The molecule has 2 rings (SSSR count). The molecule has 0 atom stereocenters. The van der Waals surface area contributed by atoms with Crippen molar-refractivity contribution in [2.75, 3.05) is 0 Å². The Hall–Kier alpha value is -0.600. The molecule has 2 fully saturated rings. The fourth-order valence-electron chi connectivity index (χ4n) is 4.60. The van der Waals surface area contributed by atoms with Crippen LogP contribution in [0, 0.1) is 16.0 Å². The van der Waals surface area contributed by atoms with Crippen molar-refractivity contribution in [2.45, 2.75) is 108 Å². The highest BCUT2D eigenvalue weighted by molar-refractivity contribution is 4.88. The second kappa shape index (κ2) is 8.75. The lowest BCUT2D eigenvalue weighted by Gasteiger charge is -2.33. The van der Waals surface area contributed by atoms with E-state index in [9.17, 15) is 10.1 Å². The van der Waals surface area contributed by atoms with E-state index in [0.717, 1.165) is 38.5 Å². The predicted octanol–water partition coefficient (Wildman–Crippen LogP) is 5.89. The molecule has 0 radical (unpaired) electrons. The van der Waals surface area contributed by atoms with Crippen molar-refractivity contribution in [1.82, 2.24) is 0 Å². The molecule has 2 saturated carbocycles. The zero-order valence-electron chi connectivity index (χ0n) is 13.7. The van der Waals surface area contributed by atoms with Gasteiger partial charge in [-0.3, -0.25) is 10.1 Å². The highest BCUT2D eigenvalue weighted by atomic mass is 16.6. The van der Waals surface area contributed by atoms with Crippen LogP contribution in [0.5, 0.6) is 0 Å². The monoisotopic (exact) mass is 295 g/mol. The van der Waals surface area contributed by atoms with Gasteiger partial charge in [-0.1, -0.05) is 64.2 Å². The average Bonchev–Trinajstić information content (AvgIpc) is 2.69. The van der Waals surface area contributed by atoms with Crippen LogP contribution in [-0.2, 0) is 0 Å². The van der Waals surface area contributed by atoms with E-state index in [-0.39, 0.29) is 4.92 Å². The first-order valence-corrected chi connectivity index (χ1v) is 9.40. The molecule has 0 spiro atoms. The van der Waals surface area contributed by atoms with Crippen LogP contribution in [0.25, 0.3) is 0 Å². The van der Waals surface area contributed by atoms with Crippen molar-refractivity contribution in [3.8, 4) is 0 Å². The molecule has 0 aliphatic heterocycles. The minimum atomic E-state index is -0.589. The topological polar surface area (TPSA) is 43.1 Å². The first kappa shape index (κ1) is 16.8. The Morgan fingerprint density at radius 2 is 1.05 bits per heavy atom. The first-order chi connectivity index (χ1) is 10.3. The highest BCUT2D eigenvalue weighted by Gasteiger charge is 2.48. The largest absolute Gasteiger partial charge is 0.264 e. The van der Waals surface area contributed by atoms with Crippen LogP contribution in [0.1, 0.15) is 103 Å². The Labute approximate surface area is 130 Å².